The molecule has 0 aromatic rings. The molecule has 12 heavy (non-hydrogen) atoms. The largest absolute Gasteiger partial charge is 0.465 e. The van der Waals surface area contributed by atoms with E-state index in [1.165, 1.54) is 4.90 Å². The van der Waals surface area contributed by atoms with E-state index in [1.54, 1.807) is 0 Å². The number of hydrogen-bond donors (Lipinski definition) is 1. The quantitative estimate of drug-likeness (QED) is 0.661. The standard InChI is InChI=1S/C8H16N2O2/c1-9(2)5-7-3-4-10(6-7)8(11)12/h7H,3-6H2,1-2H3,(H,11,12)/t7-/m1/s1. The molecule has 0 spiro atoms. The summed E-state index contributed by atoms with van der Waals surface area (Å²) >= 11 is 0. The lowest BCUT2D eigenvalue weighted by Gasteiger charge is -2.16. The van der Waals surface area contributed by atoms with Crippen molar-refractivity contribution in [3.8, 4) is 0 Å². The molecule has 1 amide bonds. The lowest BCUT2D eigenvalue weighted by atomic mass is 10.1. The lowest BCUT2D eigenvalue weighted by molar-refractivity contribution is 0.153. The van der Waals surface area contributed by atoms with E-state index < -0.39 is 6.09 Å². The van der Waals surface area contributed by atoms with Crippen LogP contribution in [0, 0.1) is 5.92 Å². The zero-order valence-corrected chi connectivity index (χ0v) is 7.66. The van der Waals surface area contributed by atoms with Gasteiger partial charge in [0, 0.05) is 19.6 Å². The van der Waals surface area contributed by atoms with Crippen LogP contribution in [0.4, 0.5) is 4.79 Å². The zero-order chi connectivity index (χ0) is 9.14. The predicted octanol–water partition coefficient (Wildman–Crippen LogP) is 0.548. The first-order chi connectivity index (χ1) is 5.59. The van der Waals surface area contributed by atoms with Crippen LogP contribution in [0.15, 0.2) is 0 Å². The second-order valence-corrected chi connectivity index (χ2v) is 3.65. The van der Waals surface area contributed by atoms with Crippen molar-refractivity contribution in [2.75, 3.05) is 33.7 Å². The molecule has 70 valence electrons. The first-order valence-electron chi connectivity index (χ1n) is 4.22. The summed E-state index contributed by atoms with van der Waals surface area (Å²) in [6, 6.07) is 0. The first-order valence-corrected chi connectivity index (χ1v) is 4.22. The second-order valence-electron chi connectivity index (χ2n) is 3.65. The topological polar surface area (TPSA) is 43.8 Å². The predicted molar refractivity (Wildman–Crippen MR) is 46.3 cm³/mol. The van der Waals surface area contributed by atoms with E-state index >= 15 is 0 Å². The summed E-state index contributed by atoms with van der Waals surface area (Å²) in [6.45, 7) is 2.39. The third-order valence-corrected chi connectivity index (χ3v) is 2.18. The van der Waals surface area contributed by atoms with Crippen LogP contribution in [0.2, 0.25) is 0 Å². The maximum atomic E-state index is 10.5. The average molecular weight is 172 g/mol. The van der Waals surface area contributed by atoms with Crippen LogP contribution in [0.25, 0.3) is 0 Å². The molecule has 0 saturated carbocycles. The normalized spacial score (nSPS) is 23.6. The van der Waals surface area contributed by atoms with Gasteiger partial charge in [-0.2, -0.15) is 0 Å². The Balaban J connectivity index is 2.30. The Morgan fingerprint density at radius 2 is 2.33 bits per heavy atom. The third-order valence-electron chi connectivity index (χ3n) is 2.18. The van der Waals surface area contributed by atoms with E-state index in [0.717, 1.165) is 13.0 Å². The van der Waals surface area contributed by atoms with Crippen molar-refractivity contribution in [1.29, 1.82) is 0 Å². The summed E-state index contributed by atoms with van der Waals surface area (Å²) in [4.78, 5) is 14.1. The summed E-state index contributed by atoms with van der Waals surface area (Å²) < 4.78 is 0. The van der Waals surface area contributed by atoms with Crippen molar-refractivity contribution in [3.05, 3.63) is 0 Å². The molecule has 1 aliphatic heterocycles. The van der Waals surface area contributed by atoms with E-state index in [9.17, 15) is 4.79 Å². The summed E-state index contributed by atoms with van der Waals surface area (Å²) in [6.07, 6.45) is 0.223. The van der Waals surface area contributed by atoms with Gasteiger partial charge >= 0.3 is 6.09 Å². The van der Waals surface area contributed by atoms with Crippen molar-refractivity contribution < 1.29 is 9.90 Å². The van der Waals surface area contributed by atoms with Gasteiger partial charge in [0.1, 0.15) is 0 Å². The van der Waals surface area contributed by atoms with Gasteiger partial charge in [0.15, 0.2) is 0 Å². The SMILES string of the molecule is CN(C)C[C@H]1CCN(C(=O)O)C1. The Hall–Kier alpha value is -0.770. The van der Waals surface area contributed by atoms with Gasteiger partial charge < -0.3 is 14.9 Å². The summed E-state index contributed by atoms with van der Waals surface area (Å²) in [5.74, 6) is 0.524. The molecule has 1 rings (SSSR count). The second kappa shape index (κ2) is 3.76. The maximum absolute atomic E-state index is 10.5. The first kappa shape index (κ1) is 9.32. The summed E-state index contributed by atoms with van der Waals surface area (Å²) in [5.41, 5.74) is 0. The maximum Gasteiger partial charge on any atom is 0.407 e. The number of nitrogens with zero attached hydrogens (tertiary/aromatic N) is 2. The minimum absolute atomic E-state index is 0.524. The van der Waals surface area contributed by atoms with Crippen molar-refractivity contribution in [2.45, 2.75) is 6.42 Å². The van der Waals surface area contributed by atoms with Crippen LogP contribution < -0.4 is 0 Å². The fourth-order valence-electron chi connectivity index (χ4n) is 1.67. The number of likely N-dealkylation sites (tertiary alicyclic amines) is 1. The van der Waals surface area contributed by atoms with Gasteiger partial charge in [0.2, 0.25) is 0 Å². The van der Waals surface area contributed by atoms with Crippen LogP contribution in [-0.2, 0) is 0 Å². The van der Waals surface area contributed by atoms with E-state index in [2.05, 4.69) is 4.90 Å². The Morgan fingerprint density at radius 1 is 1.67 bits per heavy atom. The van der Waals surface area contributed by atoms with Gasteiger partial charge in [-0.15, -0.1) is 0 Å². The molecule has 4 nitrogen and oxygen atoms in total. The van der Waals surface area contributed by atoms with Crippen molar-refractivity contribution in [2.24, 2.45) is 5.92 Å². The smallest absolute Gasteiger partial charge is 0.407 e. The molecule has 0 unspecified atom stereocenters. The van der Waals surface area contributed by atoms with Gasteiger partial charge in [-0.05, 0) is 26.4 Å². The fraction of sp³-hybridized carbons (Fsp3) is 0.875. The minimum Gasteiger partial charge on any atom is -0.465 e. The fourth-order valence-corrected chi connectivity index (χ4v) is 1.67. The molecule has 4 heteroatoms. The van der Waals surface area contributed by atoms with Gasteiger partial charge in [0.25, 0.3) is 0 Å². The number of carboxylic acid groups (broad SMARTS) is 1. The zero-order valence-electron chi connectivity index (χ0n) is 7.66. The van der Waals surface area contributed by atoms with Crippen LogP contribution in [0.3, 0.4) is 0 Å². The minimum atomic E-state index is -0.781. The van der Waals surface area contributed by atoms with Crippen molar-refractivity contribution >= 4 is 6.09 Å². The highest BCUT2D eigenvalue weighted by Crippen LogP contribution is 2.16. The molecule has 1 fully saturated rings. The Kier molecular flexibility index (Phi) is 2.92. The number of carbonyl (C=O) groups is 1. The van der Waals surface area contributed by atoms with E-state index in [-0.39, 0.29) is 0 Å². The average Bonchev–Trinajstić information content (AvgIpc) is 2.34. The Labute approximate surface area is 72.8 Å². The van der Waals surface area contributed by atoms with Crippen LogP contribution in [0.5, 0.6) is 0 Å². The molecular formula is C8H16N2O2. The summed E-state index contributed by atoms with van der Waals surface area (Å²) in [7, 11) is 4.03. The molecule has 1 N–H and O–H groups in total. The molecule has 0 aliphatic carbocycles. The number of amides is 1. The molecule has 1 atom stereocenters. The van der Waals surface area contributed by atoms with Gasteiger partial charge in [-0.1, -0.05) is 0 Å². The van der Waals surface area contributed by atoms with E-state index in [4.69, 9.17) is 5.11 Å². The molecule has 0 aromatic heterocycles. The molecule has 0 aromatic carbocycles. The van der Waals surface area contributed by atoms with Crippen LogP contribution in [-0.4, -0.2) is 54.7 Å². The molecule has 1 aliphatic rings. The summed E-state index contributed by atoms with van der Waals surface area (Å²) in [5, 5.41) is 8.68. The highest BCUT2D eigenvalue weighted by atomic mass is 16.4. The molecule has 1 saturated heterocycles. The van der Waals surface area contributed by atoms with E-state index in [0.29, 0.717) is 19.0 Å². The van der Waals surface area contributed by atoms with Crippen LogP contribution in [0.1, 0.15) is 6.42 Å². The van der Waals surface area contributed by atoms with Gasteiger partial charge in [-0.3, -0.25) is 0 Å². The third kappa shape index (κ3) is 2.37. The van der Waals surface area contributed by atoms with E-state index in [1.807, 2.05) is 14.1 Å². The Bertz CT molecular complexity index is 170. The molecule has 1 heterocycles. The monoisotopic (exact) mass is 172 g/mol. The molecule has 0 bridgehead atoms. The van der Waals surface area contributed by atoms with Crippen LogP contribution >= 0.6 is 0 Å². The number of hydrogen-bond acceptors (Lipinski definition) is 2. The van der Waals surface area contributed by atoms with Gasteiger partial charge in [0.05, 0.1) is 0 Å². The van der Waals surface area contributed by atoms with Crippen molar-refractivity contribution in [1.82, 2.24) is 9.80 Å². The highest BCUT2D eigenvalue weighted by Gasteiger charge is 2.25. The highest BCUT2D eigenvalue weighted by molar-refractivity contribution is 5.65. The van der Waals surface area contributed by atoms with Gasteiger partial charge in [-0.25, -0.2) is 4.79 Å². The lowest BCUT2D eigenvalue weighted by Crippen LogP contribution is -2.29. The van der Waals surface area contributed by atoms with Crippen molar-refractivity contribution in [3.63, 3.8) is 0 Å². The molecule has 0 radical (unpaired) electrons. The molecular weight excluding hydrogens is 156 g/mol. The number of rotatable bonds is 2. The Morgan fingerprint density at radius 3 is 2.75 bits per heavy atom.